The Morgan fingerprint density at radius 3 is 2.57 bits per heavy atom. The number of pyridine rings is 1. The predicted molar refractivity (Wildman–Crippen MR) is 90.2 cm³/mol. The summed E-state index contributed by atoms with van der Waals surface area (Å²) in [6, 6.07) is 13.8. The largest absolute Gasteiger partial charge is 0.322 e. The summed E-state index contributed by atoms with van der Waals surface area (Å²) in [5.41, 5.74) is 3.68. The van der Waals surface area contributed by atoms with E-state index < -0.39 is 0 Å². The number of rotatable bonds is 3. The van der Waals surface area contributed by atoms with E-state index in [0.717, 1.165) is 12.1 Å². The highest BCUT2D eigenvalue weighted by molar-refractivity contribution is 6.06. The number of halogens is 1. The van der Waals surface area contributed by atoms with Gasteiger partial charge in [0.05, 0.1) is 16.8 Å². The zero-order valence-corrected chi connectivity index (χ0v) is 13.1. The molecule has 3 rings (SSSR count). The minimum atomic E-state index is -0.343. The quantitative estimate of drug-likeness (QED) is 0.774. The molecule has 1 N–H and O–H groups in total. The number of carbonyl (C=O) groups excluding carboxylic acids is 1. The van der Waals surface area contributed by atoms with Crippen molar-refractivity contribution in [2.75, 3.05) is 5.32 Å². The molecular formula is C19H17FN2O. The average molecular weight is 308 g/mol. The average Bonchev–Trinajstić information content (AvgIpc) is 2.55. The zero-order chi connectivity index (χ0) is 16.4. The summed E-state index contributed by atoms with van der Waals surface area (Å²) >= 11 is 0. The lowest BCUT2D eigenvalue weighted by molar-refractivity contribution is 0.102. The van der Waals surface area contributed by atoms with Crippen LogP contribution in [0, 0.1) is 12.7 Å². The third kappa shape index (κ3) is 3.21. The van der Waals surface area contributed by atoms with Gasteiger partial charge in [-0.3, -0.25) is 9.78 Å². The second kappa shape index (κ2) is 6.16. The third-order valence-corrected chi connectivity index (χ3v) is 3.83. The lowest BCUT2D eigenvalue weighted by atomic mass is 10.1. The van der Waals surface area contributed by atoms with Crippen LogP contribution in [-0.2, 0) is 6.42 Å². The van der Waals surface area contributed by atoms with Gasteiger partial charge in [0.15, 0.2) is 0 Å². The molecule has 0 radical (unpaired) electrons. The molecule has 2 aromatic carbocycles. The SMILES string of the molecule is CCc1ccc(NC(=O)c2cc3cc(F)ccc3nc2C)cc1. The highest BCUT2D eigenvalue weighted by Crippen LogP contribution is 2.19. The van der Waals surface area contributed by atoms with E-state index in [-0.39, 0.29) is 11.7 Å². The van der Waals surface area contributed by atoms with E-state index in [4.69, 9.17) is 0 Å². The molecule has 3 nitrogen and oxygen atoms in total. The fraction of sp³-hybridized carbons (Fsp3) is 0.158. The molecule has 0 saturated heterocycles. The number of carbonyl (C=O) groups is 1. The molecule has 23 heavy (non-hydrogen) atoms. The summed E-state index contributed by atoms with van der Waals surface area (Å²) in [6.45, 7) is 3.86. The van der Waals surface area contributed by atoms with E-state index in [1.807, 2.05) is 24.3 Å². The molecule has 1 aromatic heterocycles. The van der Waals surface area contributed by atoms with Gasteiger partial charge in [-0.1, -0.05) is 19.1 Å². The predicted octanol–water partition coefficient (Wildman–Crippen LogP) is 4.50. The summed E-state index contributed by atoms with van der Waals surface area (Å²) in [7, 11) is 0. The minimum absolute atomic E-state index is 0.245. The maximum atomic E-state index is 13.4. The lowest BCUT2D eigenvalue weighted by Crippen LogP contribution is -2.14. The second-order valence-electron chi connectivity index (χ2n) is 5.46. The molecule has 0 unspecified atom stereocenters. The van der Waals surface area contributed by atoms with Crippen molar-refractivity contribution < 1.29 is 9.18 Å². The van der Waals surface area contributed by atoms with Gasteiger partial charge in [-0.2, -0.15) is 0 Å². The first-order valence-corrected chi connectivity index (χ1v) is 7.54. The number of fused-ring (bicyclic) bond motifs is 1. The number of nitrogens with one attached hydrogen (secondary N) is 1. The van der Waals surface area contributed by atoms with Gasteiger partial charge in [-0.05, 0) is 55.3 Å². The Morgan fingerprint density at radius 2 is 1.87 bits per heavy atom. The maximum Gasteiger partial charge on any atom is 0.257 e. The van der Waals surface area contributed by atoms with Crippen molar-refractivity contribution in [3.8, 4) is 0 Å². The van der Waals surface area contributed by atoms with Gasteiger partial charge < -0.3 is 5.32 Å². The maximum absolute atomic E-state index is 13.4. The first-order chi connectivity index (χ1) is 11.1. The van der Waals surface area contributed by atoms with Gasteiger partial charge in [-0.25, -0.2) is 4.39 Å². The van der Waals surface area contributed by atoms with Crippen LogP contribution in [0.25, 0.3) is 10.9 Å². The molecule has 0 spiro atoms. The van der Waals surface area contributed by atoms with Crippen LogP contribution in [0.3, 0.4) is 0 Å². The van der Waals surface area contributed by atoms with Gasteiger partial charge >= 0.3 is 0 Å². The fourth-order valence-electron chi connectivity index (χ4n) is 2.50. The Morgan fingerprint density at radius 1 is 1.13 bits per heavy atom. The van der Waals surface area contributed by atoms with Gasteiger partial charge in [0, 0.05) is 11.1 Å². The number of hydrogen-bond donors (Lipinski definition) is 1. The van der Waals surface area contributed by atoms with Crippen molar-refractivity contribution in [1.82, 2.24) is 4.98 Å². The van der Waals surface area contributed by atoms with Crippen molar-refractivity contribution in [2.24, 2.45) is 0 Å². The number of anilines is 1. The molecule has 0 aliphatic heterocycles. The molecule has 0 bridgehead atoms. The first-order valence-electron chi connectivity index (χ1n) is 7.54. The van der Waals surface area contributed by atoms with E-state index >= 15 is 0 Å². The van der Waals surface area contributed by atoms with Crippen molar-refractivity contribution in [3.05, 3.63) is 71.2 Å². The molecule has 0 aliphatic carbocycles. The molecule has 0 atom stereocenters. The third-order valence-electron chi connectivity index (χ3n) is 3.83. The van der Waals surface area contributed by atoms with Crippen molar-refractivity contribution in [3.63, 3.8) is 0 Å². The van der Waals surface area contributed by atoms with Crippen molar-refractivity contribution >= 4 is 22.5 Å². The smallest absolute Gasteiger partial charge is 0.257 e. The fourth-order valence-corrected chi connectivity index (χ4v) is 2.50. The van der Waals surface area contributed by atoms with E-state index in [2.05, 4.69) is 17.2 Å². The highest BCUT2D eigenvalue weighted by atomic mass is 19.1. The van der Waals surface area contributed by atoms with Gasteiger partial charge in [0.2, 0.25) is 0 Å². The van der Waals surface area contributed by atoms with E-state index in [1.165, 1.54) is 17.7 Å². The number of aromatic nitrogens is 1. The molecule has 0 saturated carbocycles. The Labute approximate surface area is 134 Å². The lowest BCUT2D eigenvalue weighted by Gasteiger charge is -2.09. The second-order valence-corrected chi connectivity index (χ2v) is 5.46. The van der Waals surface area contributed by atoms with Crippen LogP contribution in [0.4, 0.5) is 10.1 Å². The van der Waals surface area contributed by atoms with Crippen LogP contribution in [0.2, 0.25) is 0 Å². The summed E-state index contributed by atoms with van der Waals surface area (Å²) in [4.78, 5) is 16.9. The Hall–Kier alpha value is -2.75. The minimum Gasteiger partial charge on any atom is -0.322 e. The van der Waals surface area contributed by atoms with Gasteiger partial charge in [-0.15, -0.1) is 0 Å². The highest BCUT2D eigenvalue weighted by Gasteiger charge is 2.12. The Kier molecular flexibility index (Phi) is 4.06. The summed E-state index contributed by atoms with van der Waals surface area (Å²) < 4.78 is 13.4. The van der Waals surface area contributed by atoms with Gasteiger partial charge in [0.1, 0.15) is 5.82 Å². The van der Waals surface area contributed by atoms with Gasteiger partial charge in [0.25, 0.3) is 5.91 Å². The van der Waals surface area contributed by atoms with E-state index in [9.17, 15) is 9.18 Å². The molecule has 4 heteroatoms. The molecule has 1 heterocycles. The van der Waals surface area contributed by atoms with Crippen LogP contribution < -0.4 is 5.32 Å². The Bertz CT molecular complexity index is 872. The molecule has 116 valence electrons. The first kappa shape index (κ1) is 15.2. The summed E-state index contributed by atoms with van der Waals surface area (Å²) in [5, 5.41) is 3.47. The van der Waals surface area contributed by atoms with E-state index in [0.29, 0.717) is 22.2 Å². The monoisotopic (exact) mass is 308 g/mol. The zero-order valence-electron chi connectivity index (χ0n) is 13.1. The number of aryl methyl sites for hydroxylation is 2. The van der Waals surface area contributed by atoms with Crippen LogP contribution in [0.5, 0.6) is 0 Å². The number of benzene rings is 2. The Balaban J connectivity index is 1.91. The molecule has 1 amide bonds. The van der Waals surface area contributed by atoms with Crippen LogP contribution in [0.1, 0.15) is 28.5 Å². The standard InChI is InChI=1S/C19H17FN2O/c1-3-13-4-7-16(8-5-13)22-19(23)17-11-14-10-15(20)6-9-18(14)21-12(17)2/h4-11H,3H2,1-2H3,(H,22,23). The summed E-state index contributed by atoms with van der Waals surface area (Å²) in [5.74, 6) is -0.588. The van der Waals surface area contributed by atoms with E-state index in [1.54, 1.807) is 19.1 Å². The normalized spacial score (nSPS) is 10.7. The van der Waals surface area contributed by atoms with Crippen LogP contribution in [0.15, 0.2) is 48.5 Å². The molecule has 0 aliphatic rings. The molecule has 3 aromatic rings. The molecule has 0 fully saturated rings. The van der Waals surface area contributed by atoms with Crippen LogP contribution in [-0.4, -0.2) is 10.9 Å². The topological polar surface area (TPSA) is 42.0 Å². The number of nitrogens with zero attached hydrogens (tertiary/aromatic N) is 1. The number of hydrogen-bond acceptors (Lipinski definition) is 2. The number of amides is 1. The molecular weight excluding hydrogens is 291 g/mol. The van der Waals surface area contributed by atoms with Crippen molar-refractivity contribution in [1.29, 1.82) is 0 Å². The van der Waals surface area contributed by atoms with Crippen molar-refractivity contribution in [2.45, 2.75) is 20.3 Å². The van der Waals surface area contributed by atoms with Crippen LogP contribution >= 0.6 is 0 Å². The summed E-state index contributed by atoms with van der Waals surface area (Å²) in [6.07, 6.45) is 0.952.